The lowest BCUT2D eigenvalue weighted by molar-refractivity contribution is -0.138. The first-order chi connectivity index (χ1) is 12.1. The number of aliphatic carboxylic acids is 1. The molecule has 0 saturated carbocycles. The number of carbonyl (C=O) groups is 2. The third kappa shape index (κ3) is 4.82. The monoisotopic (exact) mass is 347 g/mol. The molecule has 136 valence electrons. The number of urea groups is 1. The zero-order valence-electron chi connectivity index (χ0n) is 14.3. The highest BCUT2D eigenvalue weighted by molar-refractivity contribution is 5.74. The maximum Gasteiger partial charge on any atom is 0.317 e. The van der Waals surface area contributed by atoms with Gasteiger partial charge in [-0.15, -0.1) is 0 Å². The second-order valence-electron chi connectivity index (χ2n) is 6.48. The quantitative estimate of drug-likeness (QED) is 0.713. The molecule has 8 nitrogen and oxygen atoms in total. The van der Waals surface area contributed by atoms with Crippen LogP contribution < -0.4 is 10.6 Å². The van der Waals surface area contributed by atoms with Gasteiger partial charge in [0.1, 0.15) is 5.82 Å². The van der Waals surface area contributed by atoms with Crippen LogP contribution in [-0.4, -0.2) is 77.7 Å². The third-order valence-corrected chi connectivity index (χ3v) is 4.63. The van der Waals surface area contributed by atoms with Crippen LogP contribution in [0.1, 0.15) is 17.7 Å². The van der Waals surface area contributed by atoms with Crippen molar-refractivity contribution in [3.05, 3.63) is 23.4 Å². The number of aromatic nitrogens is 1. The molecular formula is C17H25N5O3. The first kappa shape index (κ1) is 17.5. The second kappa shape index (κ2) is 8.15. The Hall–Kier alpha value is -2.35. The minimum absolute atomic E-state index is 0.0352. The molecule has 1 aromatic heterocycles. The van der Waals surface area contributed by atoms with Gasteiger partial charge in [-0.3, -0.25) is 9.69 Å². The summed E-state index contributed by atoms with van der Waals surface area (Å²) in [6.07, 6.45) is 2.91. The first-order valence-electron chi connectivity index (χ1n) is 8.81. The summed E-state index contributed by atoms with van der Waals surface area (Å²) in [7, 11) is 0. The fraction of sp³-hybridized carbons (Fsp3) is 0.588. The molecule has 0 aromatic carbocycles. The van der Waals surface area contributed by atoms with E-state index in [4.69, 9.17) is 5.11 Å². The summed E-state index contributed by atoms with van der Waals surface area (Å²) in [6, 6.07) is 4.06. The van der Waals surface area contributed by atoms with Gasteiger partial charge in [-0.05, 0) is 24.5 Å². The third-order valence-electron chi connectivity index (χ3n) is 4.63. The lowest BCUT2D eigenvalue weighted by Gasteiger charge is -2.33. The van der Waals surface area contributed by atoms with Gasteiger partial charge in [0.2, 0.25) is 0 Å². The normalized spacial score (nSPS) is 17.5. The lowest BCUT2D eigenvalue weighted by atomic mass is 10.1. The molecule has 3 heterocycles. The summed E-state index contributed by atoms with van der Waals surface area (Å²) in [5, 5.41) is 15.0. The Bertz CT molecular complexity index is 629. The second-order valence-corrected chi connectivity index (χ2v) is 6.48. The fourth-order valence-corrected chi connectivity index (χ4v) is 3.22. The molecule has 0 aliphatic carbocycles. The summed E-state index contributed by atoms with van der Waals surface area (Å²) >= 11 is 0. The molecule has 2 amide bonds. The molecule has 2 aliphatic rings. The van der Waals surface area contributed by atoms with E-state index >= 15 is 0 Å². The minimum Gasteiger partial charge on any atom is -0.480 e. The molecule has 0 unspecified atom stereocenters. The van der Waals surface area contributed by atoms with Gasteiger partial charge in [0.15, 0.2) is 0 Å². The maximum absolute atomic E-state index is 12.2. The number of hydrogen-bond donors (Lipinski definition) is 3. The van der Waals surface area contributed by atoms with Crippen molar-refractivity contribution in [1.82, 2.24) is 20.1 Å². The molecule has 0 spiro atoms. The van der Waals surface area contributed by atoms with Crippen LogP contribution in [0.5, 0.6) is 0 Å². The molecule has 1 saturated heterocycles. The summed E-state index contributed by atoms with van der Waals surface area (Å²) in [5.74, 6) is 0.148. The molecule has 25 heavy (non-hydrogen) atoms. The molecule has 8 heteroatoms. The molecule has 2 aliphatic heterocycles. The molecular weight excluding hydrogens is 322 g/mol. The fourth-order valence-electron chi connectivity index (χ4n) is 3.22. The van der Waals surface area contributed by atoms with E-state index in [1.54, 1.807) is 4.90 Å². The smallest absolute Gasteiger partial charge is 0.317 e. The van der Waals surface area contributed by atoms with Gasteiger partial charge < -0.3 is 20.6 Å². The summed E-state index contributed by atoms with van der Waals surface area (Å²) in [5.41, 5.74) is 2.23. The average molecular weight is 347 g/mol. The first-order valence-corrected chi connectivity index (χ1v) is 8.81. The molecule has 3 rings (SSSR count). The van der Waals surface area contributed by atoms with Gasteiger partial charge in [0.25, 0.3) is 0 Å². The van der Waals surface area contributed by atoms with Crippen molar-refractivity contribution in [3.63, 3.8) is 0 Å². The summed E-state index contributed by atoms with van der Waals surface area (Å²) in [6.45, 7) is 3.84. The Morgan fingerprint density at radius 3 is 2.80 bits per heavy atom. The predicted molar refractivity (Wildman–Crippen MR) is 93.8 cm³/mol. The summed E-state index contributed by atoms with van der Waals surface area (Å²) < 4.78 is 0. The van der Waals surface area contributed by atoms with Crippen LogP contribution >= 0.6 is 0 Å². The van der Waals surface area contributed by atoms with E-state index in [9.17, 15) is 9.59 Å². The standard InChI is InChI=1S/C17H25N5O3/c23-15(24)12-21-8-10-22(11-9-21)17(25)19-7-5-14-4-3-13-2-1-6-18-16(13)20-14/h3-4H,1-2,5-12H2,(H,18,20)(H,19,25)(H,23,24). The van der Waals surface area contributed by atoms with Gasteiger partial charge in [-0.1, -0.05) is 6.07 Å². The number of nitrogens with one attached hydrogen (secondary N) is 2. The van der Waals surface area contributed by atoms with Crippen molar-refractivity contribution in [3.8, 4) is 0 Å². The Morgan fingerprint density at radius 2 is 2.04 bits per heavy atom. The number of rotatable bonds is 5. The van der Waals surface area contributed by atoms with Crippen LogP contribution in [0.25, 0.3) is 0 Å². The molecule has 1 aromatic rings. The van der Waals surface area contributed by atoms with E-state index in [1.807, 2.05) is 11.0 Å². The zero-order chi connectivity index (χ0) is 17.6. The number of piperazine rings is 1. The maximum atomic E-state index is 12.2. The largest absolute Gasteiger partial charge is 0.480 e. The van der Waals surface area contributed by atoms with Crippen molar-refractivity contribution in [1.29, 1.82) is 0 Å². The Labute approximate surface area is 147 Å². The molecule has 0 bridgehead atoms. The average Bonchev–Trinajstić information content (AvgIpc) is 2.61. The number of amides is 2. The minimum atomic E-state index is -0.829. The Morgan fingerprint density at radius 1 is 1.24 bits per heavy atom. The van der Waals surface area contributed by atoms with Crippen molar-refractivity contribution >= 4 is 17.8 Å². The molecule has 0 atom stereocenters. The number of nitrogens with zero attached hydrogens (tertiary/aromatic N) is 3. The highest BCUT2D eigenvalue weighted by atomic mass is 16.4. The number of carboxylic acids is 1. The van der Waals surface area contributed by atoms with Gasteiger partial charge in [0.05, 0.1) is 6.54 Å². The van der Waals surface area contributed by atoms with Gasteiger partial charge in [0, 0.05) is 51.4 Å². The number of carboxylic acid groups (broad SMARTS) is 1. The van der Waals surface area contributed by atoms with Gasteiger partial charge >= 0.3 is 12.0 Å². The highest BCUT2D eigenvalue weighted by Gasteiger charge is 2.22. The number of anilines is 1. The van der Waals surface area contributed by atoms with E-state index < -0.39 is 5.97 Å². The summed E-state index contributed by atoms with van der Waals surface area (Å²) in [4.78, 5) is 31.1. The van der Waals surface area contributed by atoms with Crippen molar-refractivity contribution in [2.75, 3.05) is 51.1 Å². The number of carbonyl (C=O) groups excluding carboxylic acids is 1. The van der Waals surface area contributed by atoms with Crippen LogP contribution in [0.4, 0.5) is 10.6 Å². The van der Waals surface area contributed by atoms with Crippen LogP contribution in [-0.2, 0) is 17.6 Å². The Kier molecular flexibility index (Phi) is 5.70. The van der Waals surface area contributed by atoms with Crippen LogP contribution in [0.15, 0.2) is 12.1 Å². The molecule has 3 N–H and O–H groups in total. The van der Waals surface area contributed by atoms with Crippen molar-refractivity contribution in [2.45, 2.75) is 19.3 Å². The Balaban J connectivity index is 1.40. The zero-order valence-corrected chi connectivity index (χ0v) is 14.3. The predicted octanol–water partition coefficient (Wildman–Crippen LogP) is 0.394. The van der Waals surface area contributed by atoms with Crippen LogP contribution in [0.3, 0.4) is 0 Å². The molecule has 0 radical (unpaired) electrons. The van der Waals surface area contributed by atoms with Crippen molar-refractivity contribution in [2.24, 2.45) is 0 Å². The van der Waals surface area contributed by atoms with Crippen molar-refractivity contribution < 1.29 is 14.7 Å². The molecule has 1 fully saturated rings. The van der Waals surface area contributed by atoms with E-state index in [-0.39, 0.29) is 12.6 Å². The van der Waals surface area contributed by atoms with Crippen LogP contribution in [0, 0.1) is 0 Å². The topological polar surface area (TPSA) is 97.8 Å². The van der Waals surface area contributed by atoms with E-state index in [0.717, 1.165) is 30.9 Å². The number of fused-ring (bicyclic) bond motifs is 1. The number of hydrogen-bond acceptors (Lipinski definition) is 5. The van der Waals surface area contributed by atoms with Gasteiger partial charge in [-0.2, -0.15) is 0 Å². The number of aryl methyl sites for hydroxylation is 1. The lowest BCUT2D eigenvalue weighted by Crippen LogP contribution is -2.52. The highest BCUT2D eigenvalue weighted by Crippen LogP contribution is 2.19. The number of pyridine rings is 1. The van der Waals surface area contributed by atoms with E-state index in [1.165, 1.54) is 5.56 Å². The van der Waals surface area contributed by atoms with Gasteiger partial charge in [-0.25, -0.2) is 9.78 Å². The van der Waals surface area contributed by atoms with E-state index in [2.05, 4.69) is 21.7 Å². The van der Waals surface area contributed by atoms with E-state index in [0.29, 0.717) is 39.1 Å². The SMILES string of the molecule is O=C(O)CN1CCN(C(=O)NCCc2ccc3c(n2)NCCC3)CC1. The van der Waals surface area contributed by atoms with Crippen LogP contribution in [0.2, 0.25) is 0 Å².